The average molecular weight is 273 g/mol. The van der Waals surface area contributed by atoms with E-state index in [2.05, 4.69) is 11.2 Å². The first-order valence-corrected chi connectivity index (χ1v) is 7.20. The van der Waals surface area contributed by atoms with Gasteiger partial charge < -0.3 is 9.94 Å². The van der Waals surface area contributed by atoms with Crippen LogP contribution in [0.2, 0.25) is 0 Å². The summed E-state index contributed by atoms with van der Waals surface area (Å²) in [6.45, 7) is 1.42. The van der Waals surface area contributed by atoms with Crippen LogP contribution in [0.3, 0.4) is 0 Å². The second-order valence-corrected chi connectivity index (χ2v) is 5.62. The van der Waals surface area contributed by atoms with Crippen molar-refractivity contribution >= 4 is 11.7 Å². The Morgan fingerprint density at radius 2 is 2.15 bits per heavy atom. The Hall–Kier alpha value is -1.84. The maximum atomic E-state index is 11.6. The monoisotopic (exact) mass is 273 g/mol. The predicted molar refractivity (Wildman–Crippen MR) is 74.9 cm³/mol. The number of hydrogen-bond acceptors (Lipinski definition) is 4. The number of nitrogens with zero attached hydrogens (tertiary/aromatic N) is 1. The number of oxime groups is 1. The van der Waals surface area contributed by atoms with Gasteiger partial charge in [0.2, 0.25) is 0 Å². The summed E-state index contributed by atoms with van der Waals surface area (Å²) in [7, 11) is 0. The minimum Gasteiger partial charge on any atom is -0.447 e. The highest BCUT2D eigenvalue weighted by atomic mass is 16.6. The molecule has 1 saturated carbocycles. The Kier molecular flexibility index (Phi) is 3.24. The quantitative estimate of drug-likeness (QED) is 0.485. The zero-order chi connectivity index (χ0) is 14.2. The van der Waals surface area contributed by atoms with Crippen LogP contribution in [0, 0.1) is 0 Å². The van der Waals surface area contributed by atoms with E-state index >= 15 is 0 Å². The van der Waals surface area contributed by atoms with Gasteiger partial charge in [0.25, 0.3) is 0 Å². The highest BCUT2D eigenvalue weighted by Gasteiger charge is 2.58. The van der Waals surface area contributed by atoms with E-state index in [0.29, 0.717) is 12.1 Å². The molecule has 1 aromatic rings. The molecule has 0 bridgehead atoms. The summed E-state index contributed by atoms with van der Waals surface area (Å²) in [6.07, 6.45) is 4.84. The van der Waals surface area contributed by atoms with Crippen LogP contribution in [0.25, 0.3) is 0 Å². The molecule has 4 nitrogen and oxygen atoms in total. The molecule has 0 aliphatic heterocycles. The highest BCUT2D eigenvalue weighted by Crippen LogP contribution is 2.57. The summed E-state index contributed by atoms with van der Waals surface area (Å²) in [4.78, 5) is 11.6. The molecular formula is C16H19NO3. The fourth-order valence-corrected chi connectivity index (χ4v) is 3.72. The Labute approximate surface area is 118 Å². The minimum atomic E-state index is -0.836. The molecule has 2 unspecified atom stereocenters. The molecule has 4 heteroatoms. The van der Waals surface area contributed by atoms with Crippen molar-refractivity contribution in [2.45, 2.75) is 50.5 Å². The second kappa shape index (κ2) is 4.93. The summed E-state index contributed by atoms with van der Waals surface area (Å²) >= 11 is 0. The van der Waals surface area contributed by atoms with Crippen molar-refractivity contribution in [2.24, 2.45) is 5.16 Å². The molecule has 0 heterocycles. The number of fused-ring (bicyclic) bond motifs is 4. The molecule has 2 aliphatic rings. The van der Waals surface area contributed by atoms with E-state index in [0.717, 1.165) is 31.2 Å². The van der Waals surface area contributed by atoms with Gasteiger partial charge in [-0.3, -0.25) is 4.79 Å². The third-order valence-corrected chi connectivity index (χ3v) is 4.49. The second-order valence-electron chi connectivity index (χ2n) is 5.62. The lowest BCUT2D eigenvalue weighted by Gasteiger charge is -2.51. The number of benzene rings is 1. The van der Waals surface area contributed by atoms with Gasteiger partial charge in [-0.15, -0.1) is 0 Å². The first kappa shape index (κ1) is 13.2. The average Bonchev–Trinajstić information content (AvgIpc) is 2.42. The van der Waals surface area contributed by atoms with Crippen molar-refractivity contribution in [2.75, 3.05) is 0 Å². The van der Waals surface area contributed by atoms with E-state index in [1.54, 1.807) is 0 Å². The topological polar surface area (TPSA) is 58.9 Å². The van der Waals surface area contributed by atoms with Crippen LogP contribution in [0.4, 0.5) is 0 Å². The van der Waals surface area contributed by atoms with E-state index in [9.17, 15) is 10.0 Å². The highest BCUT2D eigenvalue weighted by molar-refractivity contribution is 5.98. The number of ether oxygens (including phenoxy) is 1. The van der Waals surface area contributed by atoms with E-state index < -0.39 is 5.60 Å². The van der Waals surface area contributed by atoms with Gasteiger partial charge in [0.1, 0.15) is 5.71 Å². The standard InChI is InChI=1S/C16H19NO3/c1-11(18)20-16-13(12-7-5-6-9-14(12)16)8-3-2-4-10-15(16)17-19/h5-7,9,13,19H,2-4,8,10H2,1H3/b17-15+. The van der Waals surface area contributed by atoms with Crippen molar-refractivity contribution < 1.29 is 14.7 Å². The number of rotatable bonds is 1. The first-order valence-electron chi connectivity index (χ1n) is 7.20. The maximum Gasteiger partial charge on any atom is 0.303 e. The van der Waals surface area contributed by atoms with Crippen LogP contribution in [-0.4, -0.2) is 16.9 Å². The van der Waals surface area contributed by atoms with Gasteiger partial charge in [-0.05, 0) is 24.8 Å². The van der Waals surface area contributed by atoms with Crippen molar-refractivity contribution in [1.29, 1.82) is 0 Å². The molecule has 20 heavy (non-hydrogen) atoms. The molecule has 0 radical (unpaired) electrons. The van der Waals surface area contributed by atoms with Crippen LogP contribution in [0.5, 0.6) is 0 Å². The van der Waals surface area contributed by atoms with Crippen LogP contribution in [0.1, 0.15) is 56.1 Å². The van der Waals surface area contributed by atoms with Crippen molar-refractivity contribution in [3.05, 3.63) is 35.4 Å². The molecule has 106 valence electrons. The Morgan fingerprint density at radius 1 is 1.35 bits per heavy atom. The van der Waals surface area contributed by atoms with Gasteiger partial charge in [-0.25, -0.2) is 0 Å². The zero-order valence-corrected chi connectivity index (χ0v) is 11.6. The summed E-state index contributed by atoms with van der Waals surface area (Å²) in [6, 6.07) is 8.00. The van der Waals surface area contributed by atoms with E-state index in [4.69, 9.17) is 4.74 Å². The summed E-state index contributed by atoms with van der Waals surface area (Å²) in [5.41, 5.74) is 1.96. The van der Waals surface area contributed by atoms with Gasteiger partial charge in [0, 0.05) is 18.4 Å². The van der Waals surface area contributed by atoms with Gasteiger partial charge in [0.15, 0.2) is 5.60 Å². The lowest BCUT2D eigenvalue weighted by molar-refractivity contribution is -0.156. The SMILES string of the molecule is CC(=O)OC12/C(=N/O)CCCCCC1c1ccccc12. The van der Waals surface area contributed by atoms with Crippen LogP contribution >= 0.6 is 0 Å². The molecule has 2 aliphatic carbocycles. The molecule has 0 spiro atoms. The molecule has 0 aromatic heterocycles. The lowest BCUT2D eigenvalue weighted by atomic mass is 9.58. The Morgan fingerprint density at radius 3 is 2.90 bits per heavy atom. The normalized spacial score (nSPS) is 30.4. The minimum absolute atomic E-state index is 0.119. The molecular weight excluding hydrogens is 254 g/mol. The largest absolute Gasteiger partial charge is 0.447 e. The predicted octanol–water partition coefficient (Wildman–Crippen LogP) is 3.34. The van der Waals surface area contributed by atoms with Gasteiger partial charge >= 0.3 is 5.97 Å². The van der Waals surface area contributed by atoms with Gasteiger partial charge in [-0.2, -0.15) is 0 Å². The summed E-state index contributed by atoms with van der Waals surface area (Å²) in [5, 5.41) is 12.9. The van der Waals surface area contributed by atoms with E-state index in [1.807, 2.05) is 18.2 Å². The third-order valence-electron chi connectivity index (χ3n) is 4.49. The molecule has 1 N–H and O–H groups in total. The van der Waals surface area contributed by atoms with Crippen LogP contribution in [0.15, 0.2) is 29.4 Å². The molecule has 1 aromatic carbocycles. The molecule has 2 atom stereocenters. The fraction of sp³-hybridized carbons (Fsp3) is 0.500. The number of carbonyl (C=O) groups is 1. The van der Waals surface area contributed by atoms with Crippen molar-refractivity contribution in [1.82, 2.24) is 0 Å². The summed E-state index contributed by atoms with van der Waals surface area (Å²) < 4.78 is 5.71. The summed E-state index contributed by atoms with van der Waals surface area (Å²) in [5.74, 6) is -0.208. The smallest absolute Gasteiger partial charge is 0.303 e. The Balaban J connectivity index is 2.14. The van der Waals surface area contributed by atoms with Gasteiger partial charge in [-0.1, -0.05) is 42.3 Å². The first-order chi connectivity index (χ1) is 9.70. The van der Waals surface area contributed by atoms with E-state index in [-0.39, 0.29) is 11.9 Å². The lowest BCUT2D eigenvalue weighted by Crippen LogP contribution is -2.53. The maximum absolute atomic E-state index is 11.6. The molecule has 0 amide bonds. The zero-order valence-electron chi connectivity index (χ0n) is 11.6. The molecule has 3 rings (SSSR count). The molecule has 1 fully saturated rings. The fourth-order valence-electron chi connectivity index (χ4n) is 3.72. The third kappa shape index (κ3) is 1.74. The van der Waals surface area contributed by atoms with Crippen LogP contribution < -0.4 is 0 Å². The van der Waals surface area contributed by atoms with Crippen LogP contribution in [-0.2, 0) is 15.1 Å². The van der Waals surface area contributed by atoms with E-state index in [1.165, 1.54) is 12.5 Å². The Bertz CT molecular complexity index is 567. The van der Waals surface area contributed by atoms with Crippen molar-refractivity contribution in [3.8, 4) is 0 Å². The molecule has 0 saturated heterocycles. The number of hydrogen-bond donors (Lipinski definition) is 1. The number of carbonyl (C=O) groups excluding carboxylic acids is 1. The number of esters is 1. The van der Waals surface area contributed by atoms with Crippen molar-refractivity contribution in [3.63, 3.8) is 0 Å². The van der Waals surface area contributed by atoms with Gasteiger partial charge in [0.05, 0.1) is 0 Å².